The fraction of sp³-hybridized carbons (Fsp3) is 0.267. The van der Waals surface area contributed by atoms with Crippen LogP contribution in [0.2, 0.25) is 0 Å². The second kappa shape index (κ2) is 7.59. The van der Waals surface area contributed by atoms with E-state index in [1.54, 1.807) is 23.7 Å². The smallest absolute Gasteiger partial charge is 0.319 e. The zero-order valence-corrected chi connectivity index (χ0v) is 13.9. The number of nitrogens with one attached hydrogen (secondary N) is 3. The fourth-order valence-electron chi connectivity index (χ4n) is 1.90. The van der Waals surface area contributed by atoms with E-state index in [-0.39, 0.29) is 11.9 Å². The highest BCUT2D eigenvalue weighted by molar-refractivity contribution is 7.09. The fourth-order valence-corrected chi connectivity index (χ4v) is 2.62. The standard InChI is InChI=1S/C15H18N4O3S/c1-9-14(23-8-17-9)7-16-15(21)19-11-4-5-13(22-3)12(6-11)18-10(2)20/h4-6,8H,7H2,1-3H3,(H,18,20)(H2,16,19,21). The minimum atomic E-state index is -0.336. The van der Waals surface area contributed by atoms with E-state index in [1.807, 2.05) is 6.92 Å². The SMILES string of the molecule is COc1ccc(NC(=O)NCc2scnc2C)cc1NC(C)=O. The Morgan fingerprint density at radius 2 is 2.09 bits per heavy atom. The molecule has 1 aromatic carbocycles. The average Bonchev–Trinajstić information content (AvgIpc) is 2.90. The quantitative estimate of drug-likeness (QED) is 0.784. The maximum atomic E-state index is 12.0. The third-order valence-corrected chi connectivity index (χ3v) is 3.96. The molecule has 0 spiro atoms. The number of aryl methyl sites for hydroxylation is 1. The molecule has 23 heavy (non-hydrogen) atoms. The van der Waals surface area contributed by atoms with Crippen molar-refractivity contribution in [3.8, 4) is 5.75 Å². The van der Waals surface area contributed by atoms with Crippen LogP contribution in [0.3, 0.4) is 0 Å². The van der Waals surface area contributed by atoms with Crippen LogP contribution in [0.4, 0.5) is 16.2 Å². The monoisotopic (exact) mass is 334 g/mol. The van der Waals surface area contributed by atoms with Gasteiger partial charge in [-0.05, 0) is 25.1 Å². The summed E-state index contributed by atoms with van der Waals surface area (Å²) >= 11 is 1.49. The summed E-state index contributed by atoms with van der Waals surface area (Å²) in [7, 11) is 1.51. The summed E-state index contributed by atoms with van der Waals surface area (Å²) in [6.45, 7) is 3.72. The molecule has 0 saturated carbocycles. The Balaban J connectivity index is 2.00. The first-order valence-electron chi connectivity index (χ1n) is 6.89. The highest BCUT2D eigenvalue weighted by Crippen LogP contribution is 2.27. The van der Waals surface area contributed by atoms with Crippen molar-refractivity contribution in [2.75, 3.05) is 17.7 Å². The molecule has 0 fully saturated rings. The Morgan fingerprint density at radius 3 is 2.70 bits per heavy atom. The summed E-state index contributed by atoms with van der Waals surface area (Å²) in [6.07, 6.45) is 0. The molecule has 0 saturated heterocycles. The van der Waals surface area contributed by atoms with Crippen molar-refractivity contribution >= 4 is 34.6 Å². The molecule has 3 amide bonds. The Morgan fingerprint density at radius 1 is 1.30 bits per heavy atom. The van der Waals surface area contributed by atoms with Gasteiger partial charge in [-0.15, -0.1) is 11.3 Å². The predicted molar refractivity (Wildman–Crippen MR) is 90.0 cm³/mol. The number of thiazole rings is 1. The van der Waals surface area contributed by atoms with E-state index < -0.39 is 0 Å². The Bertz CT molecular complexity index is 714. The lowest BCUT2D eigenvalue weighted by Gasteiger charge is -2.12. The predicted octanol–water partition coefficient (Wildman–Crippen LogP) is 2.74. The van der Waals surface area contributed by atoms with Gasteiger partial charge in [0.1, 0.15) is 5.75 Å². The lowest BCUT2D eigenvalue weighted by molar-refractivity contribution is -0.114. The number of carbonyl (C=O) groups is 2. The Kier molecular flexibility index (Phi) is 5.53. The zero-order valence-electron chi connectivity index (χ0n) is 13.1. The van der Waals surface area contributed by atoms with Crippen molar-refractivity contribution in [2.24, 2.45) is 0 Å². The molecule has 2 aromatic rings. The molecule has 1 heterocycles. The largest absolute Gasteiger partial charge is 0.495 e. The van der Waals surface area contributed by atoms with E-state index in [0.717, 1.165) is 10.6 Å². The Hall–Kier alpha value is -2.61. The summed E-state index contributed by atoms with van der Waals surface area (Å²) < 4.78 is 5.17. The van der Waals surface area contributed by atoms with Crippen molar-refractivity contribution in [3.05, 3.63) is 34.3 Å². The number of hydrogen-bond donors (Lipinski definition) is 3. The van der Waals surface area contributed by atoms with Crippen LogP contribution in [0.5, 0.6) is 5.75 Å². The molecule has 1 aromatic heterocycles. The third-order valence-electron chi connectivity index (χ3n) is 3.02. The van der Waals surface area contributed by atoms with Gasteiger partial charge in [-0.1, -0.05) is 0 Å². The molecule has 0 atom stereocenters. The number of anilines is 2. The zero-order chi connectivity index (χ0) is 16.8. The van der Waals surface area contributed by atoms with Crippen molar-refractivity contribution < 1.29 is 14.3 Å². The maximum absolute atomic E-state index is 12.0. The van der Waals surface area contributed by atoms with E-state index >= 15 is 0 Å². The van der Waals surface area contributed by atoms with Gasteiger partial charge < -0.3 is 20.7 Å². The van der Waals surface area contributed by atoms with E-state index in [9.17, 15) is 9.59 Å². The molecular formula is C15H18N4O3S. The number of ether oxygens (including phenoxy) is 1. The molecule has 0 aliphatic heterocycles. The summed E-state index contributed by atoms with van der Waals surface area (Å²) in [6, 6.07) is 4.67. The van der Waals surface area contributed by atoms with Gasteiger partial charge in [-0.2, -0.15) is 0 Å². The van der Waals surface area contributed by atoms with Gasteiger partial charge >= 0.3 is 6.03 Å². The van der Waals surface area contributed by atoms with Crippen LogP contribution in [0.15, 0.2) is 23.7 Å². The summed E-state index contributed by atoms with van der Waals surface area (Å²) in [5.74, 6) is 0.303. The number of aromatic nitrogens is 1. The first kappa shape index (κ1) is 16.8. The average molecular weight is 334 g/mol. The van der Waals surface area contributed by atoms with Gasteiger partial charge in [0.25, 0.3) is 0 Å². The van der Waals surface area contributed by atoms with Crippen molar-refractivity contribution in [3.63, 3.8) is 0 Å². The number of methoxy groups -OCH3 is 1. The topological polar surface area (TPSA) is 92.3 Å². The molecule has 3 N–H and O–H groups in total. The van der Waals surface area contributed by atoms with Crippen molar-refractivity contribution in [1.29, 1.82) is 0 Å². The summed E-state index contributed by atoms with van der Waals surface area (Å²) in [5.41, 5.74) is 3.70. The van der Waals surface area contributed by atoms with Gasteiger partial charge in [-0.3, -0.25) is 4.79 Å². The van der Waals surface area contributed by atoms with Crippen LogP contribution in [0, 0.1) is 6.92 Å². The van der Waals surface area contributed by atoms with Crippen LogP contribution >= 0.6 is 11.3 Å². The molecule has 7 nitrogen and oxygen atoms in total. The molecule has 0 bridgehead atoms. The highest BCUT2D eigenvalue weighted by Gasteiger charge is 2.09. The van der Waals surface area contributed by atoms with Crippen LogP contribution in [-0.4, -0.2) is 24.0 Å². The maximum Gasteiger partial charge on any atom is 0.319 e. The number of carbonyl (C=O) groups excluding carboxylic acids is 2. The highest BCUT2D eigenvalue weighted by atomic mass is 32.1. The molecule has 0 radical (unpaired) electrons. The van der Waals surface area contributed by atoms with Gasteiger partial charge in [0.15, 0.2) is 0 Å². The van der Waals surface area contributed by atoms with Crippen LogP contribution in [0.25, 0.3) is 0 Å². The molecule has 0 unspecified atom stereocenters. The lowest BCUT2D eigenvalue weighted by Crippen LogP contribution is -2.28. The third kappa shape index (κ3) is 4.68. The molecule has 122 valence electrons. The second-order valence-corrected chi connectivity index (χ2v) is 5.70. The second-order valence-electron chi connectivity index (χ2n) is 4.76. The molecule has 8 heteroatoms. The van der Waals surface area contributed by atoms with E-state index in [2.05, 4.69) is 20.9 Å². The summed E-state index contributed by atoms with van der Waals surface area (Å²) in [4.78, 5) is 28.3. The first-order valence-corrected chi connectivity index (χ1v) is 7.77. The molecular weight excluding hydrogens is 316 g/mol. The summed E-state index contributed by atoms with van der Waals surface area (Å²) in [5, 5.41) is 8.14. The molecule has 2 rings (SSSR count). The lowest BCUT2D eigenvalue weighted by atomic mass is 10.2. The van der Waals surface area contributed by atoms with Crippen molar-refractivity contribution in [2.45, 2.75) is 20.4 Å². The molecule has 0 aliphatic rings. The normalized spacial score (nSPS) is 10.0. The van der Waals surface area contributed by atoms with Crippen molar-refractivity contribution in [1.82, 2.24) is 10.3 Å². The number of rotatable bonds is 5. The van der Waals surface area contributed by atoms with Crippen LogP contribution < -0.4 is 20.7 Å². The van der Waals surface area contributed by atoms with Crippen LogP contribution in [0.1, 0.15) is 17.5 Å². The van der Waals surface area contributed by atoms with Crippen LogP contribution in [-0.2, 0) is 11.3 Å². The van der Waals surface area contributed by atoms with E-state index in [4.69, 9.17) is 4.74 Å². The first-order chi connectivity index (χ1) is 11.0. The van der Waals surface area contributed by atoms with Gasteiger partial charge in [0.05, 0.1) is 30.5 Å². The number of hydrogen-bond acceptors (Lipinski definition) is 5. The Labute approximate surface area is 138 Å². The number of benzene rings is 1. The number of nitrogens with zero attached hydrogens (tertiary/aromatic N) is 1. The molecule has 0 aliphatic carbocycles. The minimum Gasteiger partial charge on any atom is -0.495 e. The van der Waals surface area contributed by atoms with Gasteiger partial charge in [0.2, 0.25) is 5.91 Å². The minimum absolute atomic E-state index is 0.217. The van der Waals surface area contributed by atoms with E-state index in [1.165, 1.54) is 25.4 Å². The van der Waals surface area contributed by atoms with Gasteiger partial charge in [0, 0.05) is 17.5 Å². The number of urea groups is 1. The van der Waals surface area contributed by atoms with E-state index in [0.29, 0.717) is 23.7 Å². The number of amides is 3. The van der Waals surface area contributed by atoms with Gasteiger partial charge in [-0.25, -0.2) is 9.78 Å².